The zero-order valence-corrected chi connectivity index (χ0v) is 10.1. The maximum atomic E-state index is 7.01. The van der Waals surface area contributed by atoms with Crippen LogP contribution in [0.25, 0.3) is 0 Å². The molecule has 0 atom stereocenters. The standard InChI is InChI=1S/C13H28N/c1-13(2)11-9-7-5-3-4-6-8-10-12-14/h13-14H,3-12H2,1-2H3. The van der Waals surface area contributed by atoms with Gasteiger partial charge in [0.05, 0.1) is 0 Å². The Labute approximate surface area is 90.5 Å². The normalized spacial score (nSPS) is 11.1. The highest BCUT2D eigenvalue weighted by Crippen LogP contribution is 2.12. The predicted molar refractivity (Wildman–Crippen MR) is 64.4 cm³/mol. The highest BCUT2D eigenvalue weighted by molar-refractivity contribution is 4.49. The number of unbranched alkanes of at least 4 members (excludes halogenated alkanes) is 7. The summed E-state index contributed by atoms with van der Waals surface area (Å²) in [6.45, 7) is 5.23. The third-order valence-corrected chi connectivity index (χ3v) is 2.71. The van der Waals surface area contributed by atoms with E-state index in [1.807, 2.05) is 0 Å². The van der Waals surface area contributed by atoms with Crippen LogP contribution in [-0.2, 0) is 0 Å². The van der Waals surface area contributed by atoms with Crippen molar-refractivity contribution in [3.8, 4) is 0 Å². The van der Waals surface area contributed by atoms with Crippen LogP contribution in [0.4, 0.5) is 0 Å². The van der Waals surface area contributed by atoms with Gasteiger partial charge in [0.2, 0.25) is 0 Å². The van der Waals surface area contributed by atoms with Crippen LogP contribution in [-0.4, -0.2) is 6.54 Å². The van der Waals surface area contributed by atoms with Crippen LogP contribution >= 0.6 is 0 Å². The fraction of sp³-hybridized carbons (Fsp3) is 1.00. The van der Waals surface area contributed by atoms with E-state index in [1.165, 1.54) is 51.4 Å². The van der Waals surface area contributed by atoms with E-state index in [9.17, 15) is 0 Å². The largest absolute Gasteiger partial charge is 0.258 e. The van der Waals surface area contributed by atoms with Gasteiger partial charge in [-0.3, -0.25) is 5.73 Å². The lowest BCUT2D eigenvalue weighted by Crippen LogP contribution is -1.88. The van der Waals surface area contributed by atoms with E-state index in [0.717, 1.165) is 12.3 Å². The molecule has 0 aliphatic carbocycles. The van der Waals surface area contributed by atoms with Crippen molar-refractivity contribution in [2.24, 2.45) is 5.92 Å². The molecule has 14 heavy (non-hydrogen) atoms. The maximum Gasteiger partial charge on any atom is 0.00997 e. The second kappa shape index (κ2) is 11.0. The predicted octanol–water partition coefficient (Wildman–Crippen LogP) is 4.44. The molecular formula is C13H28N. The van der Waals surface area contributed by atoms with Crippen LogP contribution in [0.5, 0.6) is 0 Å². The molecule has 0 amide bonds. The number of nitrogens with one attached hydrogen (secondary N) is 1. The summed E-state index contributed by atoms with van der Waals surface area (Å²) in [5.41, 5.74) is 7.01. The van der Waals surface area contributed by atoms with Gasteiger partial charge in [0.1, 0.15) is 0 Å². The lowest BCUT2D eigenvalue weighted by molar-refractivity contribution is 0.507. The van der Waals surface area contributed by atoms with Crippen LogP contribution in [0, 0.1) is 5.92 Å². The Bertz CT molecular complexity index is 99.4. The molecule has 1 N–H and O–H groups in total. The van der Waals surface area contributed by atoms with Gasteiger partial charge in [-0.15, -0.1) is 0 Å². The molecule has 0 fully saturated rings. The van der Waals surface area contributed by atoms with Crippen molar-refractivity contribution in [3.05, 3.63) is 0 Å². The summed E-state index contributed by atoms with van der Waals surface area (Å²) in [5, 5.41) is 0. The number of hydrogen-bond donors (Lipinski definition) is 0. The van der Waals surface area contributed by atoms with Crippen molar-refractivity contribution in [2.75, 3.05) is 6.54 Å². The highest BCUT2D eigenvalue weighted by atomic mass is 14.5. The van der Waals surface area contributed by atoms with Crippen molar-refractivity contribution in [1.82, 2.24) is 5.73 Å². The molecular weight excluding hydrogens is 170 g/mol. The quantitative estimate of drug-likeness (QED) is 0.464. The maximum absolute atomic E-state index is 7.01. The summed E-state index contributed by atoms with van der Waals surface area (Å²) in [6.07, 6.45) is 12.2. The van der Waals surface area contributed by atoms with E-state index in [2.05, 4.69) is 13.8 Å². The van der Waals surface area contributed by atoms with Crippen molar-refractivity contribution < 1.29 is 0 Å². The second-order valence-corrected chi connectivity index (χ2v) is 4.76. The van der Waals surface area contributed by atoms with Gasteiger partial charge in [0.25, 0.3) is 0 Å². The smallest absolute Gasteiger partial charge is 0.00997 e. The molecule has 0 aromatic heterocycles. The van der Waals surface area contributed by atoms with Gasteiger partial charge in [0.15, 0.2) is 0 Å². The Morgan fingerprint density at radius 3 is 1.57 bits per heavy atom. The Kier molecular flexibility index (Phi) is 11.0. The van der Waals surface area contributed by atoms with Gasteiger partial charge in [-0.2, -0.15) is 0 Å². The molecule has 0 bridgehead atoms. The zero-order valence-electron chi connectivity index (χ0n) is 10.1. The molecule has 0 aliphatic heterocycles. The molecule has 0 spiro atoms. The summed E-state index contributed by atoms with van der Waals surface area (Å²) in [7, 11) is 0. The van der Waals surface area contributed by atoms with Crippen LogP contribution in [0.2, 0.25) is 0 Å². The van der Waals surface area contributed by atoms with E-state index in [4.69, 9.17) is 5.73 Å². The first-order chi connectivity index (χ1) is 6.77. The molecule has 85 valence electrons. The summed E-state index contributed by atoms with van der Waals surface area (Å²) in [4.78, 5) is 0. The van der Waals surface area contributed by atoms with Crippen molar-refractivity contribution in [2.45, 2.75) is 71.6 Å². The third kappa shape index (κ3) is 12.0. The van der Waals surface area contributed by atoms with Crippen LogP contribution < -0.4 is 5.73 Å². The average Bonchev–Trinajstić information content (AvgIpc) is 2.15. The van der Waals surface area contributed by atoms with Gasteiger partial charge >= 0.3 is 0 Å². The zero-order chi connectivity index (χ0) is 10.6. The summed E-state index contributed by atoms with van der Waals surface area (Å²) >= 11 is 0. The molecule has 0 saturated heterocycles. The molecule has 1 heteroatoms. The topological polar surface area (TPSA) is 23.8 Å². The van der Waals surface area contributed by atoms with E-state index < -0.39 is 0 Å². The minimum atomic E-state index is 0.619. The van der Waals surface area contributed by atoms with Crippen LogP contribution in [0.1, 0.15) is 71.6 Å². The molecule has 0 unspecified atom stereocenters. The fourth-order valence-corrected chi connectivity index (χ4v) is 1.74. The number of hydrogen-bond acceptors (Lipinski definition) is 0. The lowest BCUT2D eigenvalue weighted by Gasteiger charge is -2.04. The minimum Gasteiger partial charge on any atom is -0.258 e. The molecule has 0 rings (SSSR count). The summed E-state index contributed by atoms with van der Waals surface area (Å²) in [6, 6.07) is 0. The molecule has 1 radical (unpaired) electrons. The van der Waals surface area contributed by atoms with Crippen molar-refractivity contribution in [3.63, 3.8) is 0 Å². The second-order valence-electron chi connectivity index (χ2n) is 4.76. The first kappa shape index (κ1) is 14.0. The molecule has 0 heterocycles. The van der Waals surface area contributed by atoms with Crippen molar-refractivity contribution in [1.29, 1.82) is 0 Å². The Hall–Kier alpha value is -0.0400. The molecule has 0 aromatic rings. The third-order valence-electron chi connectivity index (χ3n) is 2.71. The van der Waals surface area contributed by atoms with E-state index in [0.29, 0.717) is 6.54 Å². The SMILES string of the molecule is CC(C)CCCCCCCCCC[NH]. The van der Waals surface area contributed by atoms with Gasteiger partial charge in [-0.25, -0.2) is 0 Å². The lowest BCUT2D eigenvalue weighted by atomic mass is 10.0. The van der Waals surface area contributed by atoms with Crippen LogP contribution in [0.15, 0.2) is 0 Å². The highest BCUT2D eigenvalue weighted by Gasteiger charge is 1.94. The Morgan fingerprint density at radius 2 is 1.14 bits per heavy atom. The number of rotatable bonds is 10. The monoisotopic (exact) mass is 198 g/mol. The first-order valence-corrected chi connectivity index (χ1v) is 6.42. The van der Waals surface area contributed by atoms with E-state index in [1.54, 1.807) is 0 Å². The molecule has 0 saturated carbocycles. The minimum absolute atomic E-state index is 0.619. The Balaban J connectivity index is 2.85. The fourth-order valence-electron chi connectivity index (χ4n) is 1.74. The Morgan fingerprint density at radius 1 is 0.714 bits per heavy atom. The molecule has 1 nitrogen and oxygen atoms in total. The average molecular weight is 198 g/mol. The van der Waals surface area contributed by atoms with Crippen LogP contribution in [0.3, 0.4) is 0 Å². The molecule has 0 aromatic carbocycles. The van der Waals surface area contributed by atoms with Crippen molar-refractivity contribution >= 4 is 0 Å². The van der Waals surface area contributed by atoms with Gasteiger partial charge in [0, 0.05) is 6.54 Å². The van der Waals surface area contributed by atoms with E-state index >= 15 is 0 Å². The molecule has 0 aliphatic rings. The van der Waals surface area contributed by atoms with Gasteiger partial charge in [-0.05, 0) is 12.3 Å². The van der Waals surface area contributed by atoms with Gasteiger partial charge < -0.3 is 0 Å². The van der Waals surface area contributed by atoms with Gasteiger partial charge in [-0.1, -0.05) is 65.2 Å². The summed E-state index contributed by atoms with van der Waals surface area (Å²) in [5.74, 6) is 0.882. The van der Waals surface area contributed by atoms with E-state index in [-0.39, 0.29) is 0 Å². The first-order valence-electron chi connectivity index (χ1n) is 6.42. The summed E-state index contributed by atoms with van der Waals surface area (Å²) < 4.78 is 0.